The normalized spacial score (nSPS) is 47.6. The predicted octanol–water partition coefficient (Wildman–Crippen LogP) is 1.25. The molecule has 0 aromatic carbocycles. The summed E-state index contributed by atoms with van der Waals surface area (Å²) < 4.78 is 10.9. The molecule has 0 bridgehead atoms. The monoisotopic (exact) mass is 199 g/mol. The molecule has 2 rings (SSSR count). The average Bonchev–Trinajstić information content (AvgIpc) is 2.33. The zero-order valence-corrected chi connectivity index (χ0v) is 9.11. The second kappa shape index (κ2) is 2.86. The zero-order chi connectivity index (χ0) is 10.5. The van der Waals surface area contributed by atoms with E-state index in [9.17, 15) is 4.79 Å². The molecular formula is C10H17NO3. The molecule has 2 aliphatic heterocycles. The Kier molecular flexibility index (Phi) is 2.00. The standard InChI is InChI=1S/C10H17NO3/c1-6-7(2)13-5-10(3)8(6)11(4)9(12)14-10/h6-8H,5H2,1-4H3/t6-,7?,8?,10-/m0/s1. The molecule has 2 aliphatic rings. The van der Waals surface area contributed by atoms with E-state index < -0.39 is 5.60 Å². The van der Waals surface area contributed by atoms with Crippen LogP contribution >= 0.6 is 0 Å². The lowest BCUT2D eigenvalue weighted by atomic mass is 9.82. The largest absolute Gasteiger partial charge is 0.438 e. The van der Waals surface area contributed by atoms with Gasteiger partial charge in [-0.25, -0.2) is 4.79 Å². The number of hydrogen-bond acceptors (Lipinski definition) is 3. The summed E-state index contributed by atoms with van der Waals surface area (Å²) >= 11 is 0. The first-order valence-corrected chi connectivity index (χ1v) is 5.03. The van der Waals surface area contributed by atoms with Gasteiger partial charge in [0.1, 0.15) is 0 Å². The van der Waals surface area contributed by atoms with E-state index in [1.165, 1.54) is 0 Å². The van der Waals surface area contributed by atoms with Crippen LogP contribution in [0.25, 0.3) is 0 Å². The summed E-state index contributed by atoms with van der Waals surface area (Å²) in [5, 5.41) is 0. The van der Waals surface area contributed by atoms with Crippen LogP contribution in [-0.4, -0.2) is 42.4 Å². The highest BCUT2D eigenvalue weighted by molar-refractivity contribution is 5.71. The van der Waals surface area contributed by atoms with E-state index in [0.717, 1.165) is 0 Å². The van der Waals surface area contributed by atoms with Crippen molar-refractivity contribution in [1.29, 1.82) is 0 Å². The molecule has 0 aromatic heterocycles. The van der Waals surface area contributed by atoms with Crippen molar-refractivity contribution >= 4 is 6.09 Å². The number of nitrogens with zero attached hydrogens (tertiary/aromatic N) is 1. The number of rotatable bonds is 0. The van der Waals surface area contributed by atoms with Gasteiger partial charge in [0.2, 0.25) is 0 Å². The van der Waals surface area contributed by atoms with E-state index in [0.29, 0.717) is 12.5 Å². The minimum absolute atomic E-state index is 0.138. The van der Waals surface area contributed by atoms with Gasteiger partial charge in [-0.3, -0.25) is 0 Å². The molecule has 0 aromatic rings. The maximum absolute atomic E-state index is 11.4. The summed E-state index contributed by atoms with van der Waals surface area (Å²) in [5.74, 6) is 0.310. The van der Waals surface area contributed by atoms with Gasteiger partial charge in [0, 0.05) is 13.0 Å². The maximum Gasteiger partial charge on any atom is 0.410 e. The summed E-state index contributed by atoms with van der Waals surface area (Å²) in [6.45, 7) is 6.59. The van der Waals surface area contributed by atoms with Crippen LogP contribution < -0.4 is 0 Å². The average molecular weight is 199 g/mol. The van der Waals surface area contributed by atoms with Gasteiger partial charge in [0.05, 0.1) is 18.8 Å². The summed E-state index contributed by atoms with van der Waals surface area (Å²) in [6, 6.07) is 0.138. The molecule has 0 radical (unpaired) electrons. The number of likely N-dealkylation sites (N-methyl/N-ethyl adjacent to an activating group) is 1. The molecule has 0 aliphatic carbocycles. The highest BCUT2D eigenvalue weighted by atomic mass is 16.6. The fourth-order valence-electron chi connectivity index (χ4n) is 2.58. The van der Waals surface area contributed by atoms with Crippen molar-refractivity contribution in [1.82, 2.24) is 4.90 Å². The van der Waals surface area contributed by atoms with Crippen LogP contribution in [0.15, 0.2) is 0 Å². The molecule has 14 heavy (non-hydrogen) atoms. The van der Waals surface area contributed by atoms with E-state index in [-0.39, 0.29) is 18.2 Å². The number of carbonyl (C=O) groups is 1. The molecule has 4 heteroatoms. The van der Waals surface area contributed by atoms with Crippen molar-refractivity contribution in [2.75, 3.05) is 13.7 Å². The molecule has 2 unspecified atom stereocenters. The smallest absolute Gasteiger partial charge is 0.410 e. The van der Waals surface area contributed by atoms with Crippen molar-refractivity contribution in [3.8, 4) is 0 Å². The van der Waals surface area contributed by atoms with E-state index in [1.54, 1.807) is 11.9 Å². The molecule has 4 atom stereocenters. The van der Waals surface area contributed by atoms with Crippen molar-refractivity contribution in [2.45, 2.75) is 38.5 Å². The molecule has 1 amide bonds. The SMILES string of the molecule is CC1OC[C@]2(C)OC(=O)N(C)C2[C@H]1C. The van der Waals surface area contributed by atoms with Gasteiger partial charge in [0.25, 0.3) is 0 Å². The molecule has 2 heterocycles. The van der Waals surface area contributed by atoms with Crippen LogP contribution in [0.3, 0.4) is 0 Å². The third kappa shape index (κ3) is 1.13. The Hall–Kier alpha value is -0.770. The van der Waals surface area contributed by atoms with Crippen molar-refractivity contribution < 1.29 is 14.3 Å². The number of carbonyl (C=O) groups excluding carboxylic acids is 1. The predicted molar refractivity (Wildman–Crippen MR) is 51.0 cm³/mol. The van der Waals surface area contributed by atoms with E-state index in [1.807, 2.05) is 13.8 Å². The summed E-state index contributed by atoms with van der Waals surface area (Å²) in [5.41, 5.74) is -0.461. The van der Waals surface area contributed by atoms with Crippen molar-refractivity contribution in [3.05, 3.63) is 0 Å². The fraction of sp³-hybridized carbons (Fsp3) is 0.900. The Morgan fingerprint density at radius 3 is 2.79 bits per heavy atom. The van der Waals surface area contributed by atoms with Crippen molar-refractivity contribution in [3.63, 3.8) is 0 Å². The topological polar surface area (TPSA) is 38.8 Å². The Morgan fingerprint density at radius 2 is 2.14 bits per heavy atom. The van der Waals surface area contributed by atoms with Gasteiger partial charge in [-0.2, -0.15) is 0 Å². The molecule has 2 saturated heterocycles. The lowest BCUT2D eigenvalue weighted by Gasteiger charge is -2.42. The van der Waals surface area contributed by atoms with E-state index in [2.05, 4.69) is 6.92 Å². The van der Waals surface area contributed by atoms with Crippen LogP contribution in [0.1, 0.15) is 20.8 Å². The first-order valence-electron chi connectivity index (χ1n) is 5.03. The zero-order valence-electron chi connectivity index (χ0n) is 9.11. The second-order valence-corrected chi connectivity index (χ2v) is 4.61. The molecule has 4 nitrogen and oxygen atoms in total. The van der Waals surface area contributed by atoms with Crippen LogP contribution in [0.5, 0.6) is 0 Å². The van der Waals surface area contributed by atoms with Crippen LogP contribution in [0.2, 0.25) is 0 Å². The molecule has 0 saturated carbocycles. The Labute approximate surface area is 84.2 Å². The van der Waals surface area contributed by atoms with Gasteiger partial charge in [-0.1, -0.05) is 6.92 Å². The Morgan fingerprint density at radius 1 is 1.50 bits per heavy atom. The van der Waals surface area contributed by atoms with E-state index >= 15 is 0 Å². The van der Waals surface area contributed by atoms with Gasteiger partial charge >= 0.3 is 6.09 Å². The lowest BCUT2D eigenvalue weighted by Crippen LogP contribution is -2.56. The highest BCUT2D eigenvalue weighted by Gasteiger charge is 2.55. The lowest BCUT2D eigenvalue weighted by molar-refractivity contribution is -0.129. The molecule has 0 spiro atoms. The Balaban J connectivity index is 2.30. The minimum Gasteiger partial charge on any atom is -0.438 e. The second-order valence-electron chi connectivity index (χ2n) is 4.61. The van der Waals surface area contributed by atoms with Crippen LogP contribution in [-0.2, 0) is 9.47 Å². The van der Waals surface area contributed by atoms with Crippen molar-refractivity contribution in [2.24, 2.45) is 5.92 Å². The number of ether oxygens (including phenoxy) is 2. The third-order valence-electron chi connectivity index (χ3n) is 3.52. The van der Waals surface area contributed by atoms with Gasteiger partial charge < -0.3 is 14.4 Å². The fourth-order valence-corrected chi connectivity index (χ4v) is 2.58. The van der Waals surface area contributed by atoms with Crippen LogP contribution in [0.4, 0.5) is 4.79 Å². The summed E-state index contributed by atoms with van der Waals surface area (Å²) in [6.07, 6.45) is -0.0490. The van der Waals surface area contributed by atoms with Crippen LogP contribution in [0, 0.1) is 5.92 Å². The van der Waals surface area contributed by atoms with E-state index in [4.69, 9.17) is 9.47 Å². The number of hydrogen-bond donors (Lipinski definition) is 0. The molecular weight excluding hydrogens is 182 g/mol. The third-order valence-corrected chi connectivity index (χ3v) is 3.52. The molecule has 80 valence electrons. The maximum atomic E-state index is 11.4. The number of fused-ring (bicyclic) bond motifs is 1. The molecule has 2 fully saturated rings. The molecule has 0 N–H and O–H groups in total. The summed E-state index contributed by atoms with van der Waals surface area (Å²) in [7, 11) is 1.80. The first-order chi connectivity index (χ1) is 6.46. The Bertz CT molecular complexity index is 268. The number of amides is 1. The highest BCUT2D eigenvalue weighted by Crippen LogP contribution is 2.39. The van der Waals surface area contributed by atoms with Gasteiger partial charge in [-0.15, -0.1) is 0 Å². The first kappa shape index (κ1) is 9.77. The van der Waals surface area contributed by atoms with Gasteiger partial charge in [-0.05, 0) is 13.8 Å². The minimum atomic E-state index is -0.461. The summed E-state index contributed by atoms with van der Waals surface area (Å²) in [4.78, 5) is 13.1. The van der Waals surface area contributed by atoms with Gasteiger partial charge in [0.15, 0.2) is 5.60 Å². The quantitative estimate of drug-likeness (QED) is 0.589.